The lowest BCUT2D eigenvalue weighted by molar-refractivity contribution is 0.136. The molecule has 0 radical (unpaired) electrons. The highest BCUT2D eigenvalue weighted by molar-refractivity contribution is 7.89. The van der Waals surface area contributed by atoms with Crippen molar-refractivity contribution in [3.63, 3.8) is 0 Å². The average molecular weight is 381 g/mol. The van der Waals surface area contributed by atoms with E-state index >= 15 is 0 Å². The molecule has 142 valence electrons. The number of sulfonamides is 1. The van der Waals surface area contributed by atoms with Gasteiger partial charge in [-0.3, -0.25) is 10.1 Å². The van der Waals surface area contributed by atoms with Crippen LogP contribution in [0.25, 0.3) is 0 Å². The van der Waals surface area contributed by atoms with Gasteiger partial charge < -0.3 is 9.47 Å². The number of aryl methyl sites for hydroxylation is 2. The molecule has 0 aromatic carbocycles. The molecule has 2 aromatic heterocycles. The first-order chi connectivity index (χ1) is 12.4. The third-order valence-electron chi connectivity index (χ3n) is 4.41. The van der Waals surface area contributed by atoms with Crippen LogP contribution >= 0.6 is 0 Å². The van der Waals surface area contributed by atoms with E-state index in [0.717, 1.165) is 12.8 Å². The molecule has 2 heterocycles. The summed E-state index contributed by atoms with van der Waals surface area (Å²) < 4.78 is 38.9. The number of rotatable bonds is 6. The van der Waals surface area contributed by atoms with E-state index in [1.165, 1.54) is 13.3 Å². The van der Waals surface area contributed by atoms with E-state index in [4.69, 9.17) is 9.47 Å². The molecule has 2 N–H and O–H groups in total. The first-order valence-corrected chi connectivity index (χ1v) is 9.94. The van der Waals surface area contributed by atoms with E-state index in [2.05, 4.69) is 24.9 Å². The second-order valence-electron chi connectivity index (χ2n) is 6.38. The van der Waals surface area contributed by atoms with Gasteiger partial charge in [0.1, 0.15) is 11.0 Å². The monoisotopic (exact) mass is 381 g/mol. The average Bonchev–Trinajstić information content (AvgIpc) is 2.96. The second-order valence-corrected chi connectivity index (χ2v) is 8.03. The lowest BCUT2D eigenvalue weighted by atomic mass is 9.94. The van der Waals surface area contributed by atoms with Gasteiger partial charge in [0.05, 0.1) is 30.9 Å². The number of methoxy groups -OCH3 is 1. The third-order valence-corrected chi connectivity index (χ3v) is 6.19. The van der Waals surface area contributed by atoms with Crippen molar-refractivity contribution in [2.45, 2.75) is 56.6 Å². The van der Waals surface area contributed by atoms with Crippen molar-refractivity contribution < 1.29 is 17.9 Å². The number of hydrogen-bond donors (Lipinski definition) is 2. The zero-order valence-corrected chi connectivity index (χ0v) is 15.8. The van der Waals surface area contributed by atoms with E-state index in [1.54, 1.807) is 20.0 Å². The molecular weight excluding hydrogens is 358 g/mol. The summed E-state index contributed by atoms with van der Waals surface area (Å²) in [5.74, 6) is 0.813. The van der Waals surface area contributed by atoms with Gasteiger partial charge >= 0.3 is 0 Å². The molecule has 1 fully saturated rings. The van der Waals surface area contributed by atoms with Gasteiger partial charge in [0, 0.05) is 6.04 Å². The van der Waals surface area contributed by atoms with Gasteiger partial charge in [0.2, 0.25) is 21.8 Å². The van der Waals surface area contributed by atoms with Gasteiger partial charge in [0.15, 0.2) is 0 Å². The molecule has 0 amide bonds. The van der Waals surface area contributed by atoms with Crippen molar-refractivity contribution in [2.75, 3.05) is 7.11 Å². The lowest BCUT2D eigenvalue weighted by Gasteiger charge is -2.29. The Morgan fingerprint density at radius 3 is 2.46 bits per heavy atom. The third kappa shape index (κ3) is 4.13. The topological polar surface area (TPSA) is 119 Å². The van der Waals surface area contributed by atoms with E-state index in [1.807, 2.05) is 0 Å². The van der Waals surface area contributed by atoms with Crippen LogP contribution in [-0.2, 0) is 10.0 Å². The standard InChI is InChI=1S/C16H23N5O4S/c1-10-16(11(2)20-19-10)26(22,23)21-12-4-6-13(7-5-12)25-15-9-17-8-14(18-15)24-3/h8-9,12-13,21H,4-7H2,1-3H3,(H,19,20). The molecule has 1 aliphatic rings. The number of aromatic nitrogens is 4. The fourth-order valence-corrected chi connectivity index (χ4v) is 4.85. The number of hydrogen-bond acceptors (Lipinski definition) is 7. The van der Waals surface area contributed by atoms with Crippen molar-refractivity contribution >= 4 is 10.0 Å². The number of nitrogens with one attached hydrogen (secondary N) is 2. The van der Waals surface area contributed by atoms with Gasteiger partial charge in [-0.2, -0.15) is 10.1 Å². The predicted octanol–water partition coefficient (Wildman–Crippen LogP) is 1.49. The quantitative estimate of drug-likeness (QED) is 0.778. The summed E-state index contributed by atoms with van der Waals surface area (Å²) in [5.41, 5.74) is 1.02. The molecule has 9 nitrogen and oxygen atoms in total. The highest BCUT2D eigenvalue weighted by Gasteiger charge is 2.29. The van der Waals surface area contributed by atoms with Crippen molar-refractivity contribution in [3.05, 3.63) is 23.8 Å². The van der Waals surface area contributed by atoms with E-state index < -0.39 is 10.0 Å². The molecule has 0 spiro atoms. The van der Waals surface area contributed by atoms with Gasteiger partial charge in [-0.1, -0.05) is 0 Å². The van der Waals surface area contributed by atoms with E-state index in [0.29, 0.717) is 36.0 Å². The Balaban J connectivity index is 1.57. The van der Waals surface area contributed by atoms with Crippen LogP contribution in [0.1, 0.15) is 37.1 Å². The van der Waals surface area contributed by atoms with E-state index in [-0.39, 0.29) is 17.0 Å². The van der Waals surface area contributed by atoms with Crippen LogP contribution in [0.4, 0.5) is 0 Å². The number of nitrogens with zero attached hydrogens (tertiary/aromatic N) is 3. The highest BCUT2D eigenvalue weighted by Crippen LogP contribution is 2.25. The zero-order valence-electron chi connectivity index (χ0n) is 15.0. The normalized spacial score (nSPS) is 20.7. The first-order valence-electron chi connectivity index (χ1n) is 8.45. The highest BCUT2D eigenvalue weighted by atomic mass is 32.2. The SMILES string of the molecule is COc1cncc(OC2CCC(NS(=O)(=O)c3c(C)n[nH]c3C)CC2)n1. The van der Waals surface area contributed by atoms with Crippen molar-refractivity contribution in [1.82, 2.24) is 24.9 Å². The molecule has 26 heavy (non-hydrogen) atoms. The number of H-pyrrole nitrogens is 1. The minimum absolute atomic E-state index is 0.0189. The summed E-state index contributed by atoms with van der Waals surface area (Å²) in [6.07, 6.45) is 5.88. The maximum atomic E-state index is 12.6. The fourth-order valence-electron chi connectivity index (χ4n) is 3.17. The molecule has 0 aliphatic heterocycles. The Hall–Kier alpha value is -2.20. The maximum Gasteiger partial charge on any atom is 0.244 e. The maximum absolute atomic E-state index is 12.6. The molecular formula is C16H23N5O4S. The molecule has 0 unspecified atom stereocenters. The molecule has 10 heteroatoms. The smallest absolute Gasteiger partial charge is 0.244 e. The Morgan fingerprint density at radius 1 is 1.15 bits per heavy atom. The second kappa shape index (κ2) is 7.58. The molecule has 1 saturated carbocycles. The lowest BCUT2D eigenvalue weighted by Crippen LogP contribution is -2.40. The largest absolute Gasteiger partial charge is 0.480 e. The molecule has 0 bridgehead atoms. The Kier molecular flexibility index (Phi) is 5.42. The first kappa shape index (κ1) is 18.6. The van der Waals surface area contributed by atoms with Crippen LogP contribution in [0.15, 0.2) is 17.3 Å². The summed E-state index contributed by atoms with van der Waals surface area (Å²) in [7, 11) is -2.06. The van der Waals surface area contributed by atoms with Gasteiger partial charge in [-0.15, -0.1) is 0 Å². The van der Waals surface area contributed by atoms with Crippen LogP contribution in [0, 0.1) is 13.8 Å². The van der Waals surface area contributed by atoms with Crippen LogP contribution in [0.5, 0.6) is 11.8 Å². The van der Waals surface area contributed by atoms with Gasteiger partial charge in [0.25, 0.3) is 0 Å². The summed E-state index contributed by atoms with van der Waals surface area (Å²) in [6, 6.07) is -0.120. The molecule has 2 aromatic rings. The van der Waals surface area contributed by atoms with Crippen LogP contribution < -0.4 is 14.2 Å². The molecule has 3 rings (SSSR count). The fraction of sp³-hybridized carbons (Fsp3) is 0.562. The molecule has 0 atom stereocenters. The van der Waals surface area contributed by atoms with Crippen molar-refractivity contribution in [1.29, 1.82) is 0 Å². The van der Waals surface area contributed by atoms with Gasteiger partial charge in [-0.05, 0) is 39.5 Å². The predicted molar refractivity (Wildman–Crippen MR) is 93.6 cm³/mol. The summed E-state index contributed by atoms with van der Waals surface area (Å²) in [4.78, 5) is 8.44. The Morgan fingerprint density at radius 2 is 1.85 bits per heavy atom. The minimum atomic E-state index is -3.59. The minimum Gasteiger partial charge on any atom is -0.480 e. The van der Waals surface area contributed by atoms with E-state index in [9.17, 15) is 8.42 Å². The van der Waals surface area contributed by atoms with Crippen LogP contribution in [0.2, 0.25) is 0 Å². The number of ether oxygens (including phenoxy) is 2. The molecule has 1 aliphatic carbocycles. The zero-order chi connectivity index (χ0) is 18.7. The summed E-state index contributed by atoms with van der Waals surface area (Å²) >= 11 is 0. The van der Waals surface area contributed by atoms with Gasteiger partial charge in [-0.25, -0.2) is 13.1 Å². The van der Waals surface area contributed by atoms with Crippen molar-refractivity contribution in [3.8, 4) is 11.8 Å². The molecule has 0 saturated heterocycles. The summed E-state index contributed by atoms with van der Waals surface area (Å²) in [6.45, 7) is 3.38. The van der Waals surface area contributed by atoms with Crippen molar-refractivity contribution in [2.24, 2.45) is 0 Å². The van der Waals surface area contributed by atoms with Crippen LogP contribution in [-0.4, -0.2) is 47.8 Å². The number of aromatic amines is 1. The summed E-state index contributed by atoms with van der Waals surface area (Å²) in [5, 5.41) is 6.67. The van der Waals surface area contributed by atoms with Crippen LogP contribution in [0.3, 0.4) is 0 Å². The Labute approximate surface area is 152 Å². The Bertz CT molecular complexity index is 840.